The predicted octanol–water partition coefficient (Wildman–Crippen LogP) is 1.56. The smallest absolute Gasteiger partial charge is 0.133 e. The molecule has 4 heteroatoms. The lowest BCUT2D eigenvalue weighted by atomic mass is 10.1. The van der Waals surface area contributed by atoms with E-state index in [4.69, 9.17) is 10.7 Å². The first-order chi connectivity index (χ1) is 9.69. The third-order valence-corrected chi connectivity index (χ3v) is 4.67. The summed E-state index contributed by atoms with van der Waals surface area (Å²) in [4.78, 5) is 9.91. The number of piperazine rings is 1. The average Bonchev–Trinajstić information content (AvgIpc) is 2.93. The molecule has 1 aromatic rings. The van der Waals surface area contributed by atoms with E-state index < -0.39 is 0 Å². The van der Waals surface area contributed by atoms with Crippen molar-refractivity contribution in [3.8, 4) is 0 Å². The summed E-state index contributed by atoms with van der Waals surface area (Å²) < 4.78 is 0. The van der Waals surface area contributed by atoms with Gasteiger partial charge in [-0.2, -0.15) is 0 Å². The summed E-state index contributed by atoms with van der Waals surface area (Å²) >= 11 is 0. The molecule has 3 rings (SSSR count). The highest BCUT2D eigenvalue weighted by molar-refractivity contribution is 5.51. The molecular weight excluding hydrogens is 248 g/mol. The highest BCUT2D eigenvalue weighted by Crippen LogP contribution is 2.28. The average molecular weight is 274 g/mol. The van der Waals surface area contributed by atoms with E-state index in [1.807, 2.05) is 0 Å². The molecule has 0 radical (unpaired) electrons. The third kappa shape index (κ3) is 2.54. The van der Waals surface area contributed by atoms with Crippen LogP contribution in [0.1, 0.15) is 37.1 Å². The van der Waals surface area contributed by atoms with Gasteiger partial charge in [0.25, 0.3) is 0 Å². The fourth-order valence-corrected chi connectivity index (χ4v) is 3.38. The standard InChI is InChI=1S/C16H26N4/c1-12(2)19-6-8-20(9-7-19)16-14(11-17)10-13-4-3-5-15(13)18-16/h10,12H,3-9,11,17H2,1-2H3. The van der Waals surface area contributed by atoms with Gasteiger partial charge in [0.1, 0.15) is 5.82 Å². The second-order valence-corrected chi connectivity index (χ2v) is 6.25. The maximum Gasteiger partial charge on any atom is 0.133 e. The fraction of sp³-hybridized carbons (Fsp3) is 0.688. The molecule has 0 bridgehead atoms. The van der Waals surface area contributed by atoms with Crippen molar-refractivity contribution in [3.63, 3.8) is 0 Å². The molecule has 0 unspecified atom stereocenters. The van der Waals surface area contributed by atoms with E-state index in [1.54, 1.807) is 0 Å². The summed E-state index contributed by atoms with van der Waals surface area (Å²) in [6, 6.07) is 2.94. The maximum atomic E-state index is 5.95. The Labute approximate surface area is 122 Å². The molecule has 1 fully saturated rings. The van der Waals surface area contributed by atoms with Crippen LogP contribution in [0.25, 0.3) is 0 Å². The van der Waals surface area contributed by atoms with Gasteiger partial charge in [0.15, 0.2) is 0 Å². The number of hydrogen-bond donors (Lipinski definition) is 1. The first kappa shape index (κ1) is 13.8. The lowest BCUT2D eigenvalue weighted by molar-refractivity contribution is 0.209. The number of fused-ring (bicyclic) bond motifs is 1. The molecule has 2 aliphatic rings. The quantitative estimate of drug-likeness (QED) is 0.908. The van der Waals surface area contributed by atoms with Crippen molar-refractivity contribution in [1.82, 2.24) is 9.88 Å². The van der Waals surface area contributed by atoms with Crippen LogP contribution in [0.15, 0.2) is 6.07 Å². The van der Waals surface area contributed by atoms with Gasteiger partial charge in [0.05, 0.1) is 0 Å². The highest BCUT2D eigenvalue weighted by Gasteiger charge is 2.23. The lowest BCUT2D eigenvalue weighted by Gasteiger charge is -2.38. The number of hydrogen-bond acceptors (Lipinski definition) is 4. The number of nitrogens with two attached hydrogens (primary N) is 1. The molecule has 2 heterocycles. The highest BCUT2D eigenvalue weighted by atomic mass is 15.3. The number of nitrogens with zero attached hydrogens (tertiary/aromatic N) is 3. The van der Waals surface area contributed by atoms with Crippen molar-refractivity contribution in [2.24, 2.45) is 5.73 Å². The van der Waals surface area contributed by atoms with E-state index in [9.17, 15) is 0 Å². The molecule has 20 heavy (non-hydrogen) atoms. The van der Waals surface area contributed by atoms with Gasteiger partial charge < -0.3 is 10.6 Å². The zero-order chi connectivity index (χ0) is 14.1. The zero-order valence-corrected chi connectivity index (χ0v) is 12.7. The van der Waals surface area contributed by atoms with Crippen molar-refractivity contribution in [2.45, 2.75) is 45.7 Å². The van der Waals surface area contributed by atoms with Crippen molar-refractivity contribution >= 4 is 5.82 Å². The first-order valence-electron chi connectivity index (χ1n) is 7.89. The molecule has 110 valence electrons. The van der Waals surface area contributed by atoms with Gasteiger partial charge >= 0.3 is 0 Å². The molecule has 1 aromatic heterocycles. The molecule has 0 amide bonds. The summed E-state index contributed by atoms with van der Waals surface area (Å²) in [6.07, 6.45) is 3.56. The Morgan fingerprint density at radius 3 is 2.60 bits per heavy atom. The SMILES string of the molecule is CC(C)N1CCN(c2nc3c(cc2CN)CCC3)CC1. The summed E-state index contributed by atoms with van der Waals surface area (Å²) in [5, 5.41) is 0. The molecule has 4 nitrogen and oxygen atoms in total. The van der Waals surface area contributed by atoms with E-state index in [2.05, 4.69) is 29.7 Å². The van der Waals surface area contributed by atoms with Crippen molar-refractivity contribution < 1.29 is 0 Å². The minimum Gasteiger partial charge on any atom is -0.354 e. The topological polar surface area (TPSA) is 45.4 Å². The molecule has 1 aliphatic carbocycles. The number of rotatable bonds is 3. The first-order valence-corrected chi connectivity index (χ1v) is 7.89. The Bertz CT molecular complexity index is 476. The monoisotopic (exact) mass is 274 g/mol. The van der Waals surface area contributed by atoms with Crippen molar-refractivity contribution in [1.29, 1.82) is 0 Å². The van der Waals surface area contributed by atoms with E-state index >= 15 is 0 Å². The van der Waals surface area contributed by atoms with Crippen LogP contribution in [0.4, 0.5) is 5.82 Å². The van der Waals surface area contributed by atoms with Crippen LogP contribution >= 0.6 is 0 Å². The van der Waals surface area contributed by atoms with E-state index in [-0.39, 0.29) is 0 Å². The fourth-order valence-electron chi connectivity index (χ4n) is 3.38. The summed E-state index contributed by atoms with van der Waals surface area (Å²) in [5.74, 6) is 1.15. The molecule has 0 saturated carbocycles. The van der Waals surface area contributed by atoms with E-state index in [1.165, 1.54) is 29.7 Å². The van der Waals surface area contributed by atoms with E-state index in [0.29, 0.717) is 12.6 Å². The maximum absolute atomic E-state index is 5.95. The van der Waals surface area contributed by atoms with Gasteiger partial charge in [0, 0.05) is 50.0 Å². The number of pyridine rings is 1. The zero-order valence-electron chi connectivity index (χ0n) is 12.7. The summed E-state index contributed by atoms with van der Waals surface area (Å²) in [7, 11) is 0. The van der Waals surface area contributed by atoms with Gasteiger partial charge in [-0.25, -0.2) is 4.98 Å². The Morgan fingerprint density at radius 2 is 1.95 bits per heavy atom. The second kappa shape index (κ2) is 5.70. The van der Waals surface area contributed by atoms with Gasteiger partial charge in [0.2, 0.25) is 0 Å². The van der Waals surface area contributed by atoms with Crippen LogP contribution in [-0.2, 0) is 19.4 Å². The number of aryl methyl sites for hydroxylation is 2. The lowest BCUT2D eigenvalue weighted by Crippen LogP contribution is -2.49. The molecule has 0 aromatic carbocycles. The molecule has 0 atom stereocenters. The molecule has 1 saturated heterocycles. The predicted molar refractivity (Wildman–Crippen MR) is 83.1 cm³/mol. The number of aromatic nitrogens is 1. The summed E-state index contributed by atoms with van der Waals surface area (Å²) in [6.45, 7) is 9.53. The van der Waals surface area contributed by atoms with E-state index in [0.717, 1.165) is 38.4 Å². The Hall–Kier alpha value is -1.13. The number of anilines is 1. The largest absolute Gasteiger partial charge is 0.354 e. The van der Waals surface area contributed by atoms with Crippen LogP contribution in [0.5, 0.6) is 0 Å². The molecule has 0 spiro atoms. The van der Waals surface area contributed by atoms with Crippen molar-refractivity contribution in [2.75, 3.05) is 31.1 Å². The van der Waals surface area contributed by atoms with Crippen LogP contribution in [0.2, 0.25) is 0 Å². The Balaban J connectivity index is 1.80. The van der Waals surface area contributed by atoms with Gasteiger partial charge in [-0.05, 0) is 44.7 Å². The minimum absolute atomic E-state index is 0.597. The molecule has 1 aliphatic heterocycles. The van der Waals surface area contributed by atoms with Crippen LogP contribution in [0, 0.1) is 0 Å². The van der Waals surface area contributed by atoms with Gasteiger partial charge in [-0.15, -0.1) is 0 Å². The Morgan fingerprint density at radius 1 is 1.20 bits per heavy atom. The van der Waals surface area contributed by atoms with Crippen LogP contribution in [0.3, 0.4) is 0 Å². The second-order valence-electron chi connectivity index (χ2n) is 6.25. The molecule has 2 N–H and O–H groups in total. The van der Waals surface area contributed by atoms with Gasteiger partial charge in [-0.1, -0.05) is 0 Å². The third-order valence-electron chi connectivity index (χ3n) is 4.67. The minimum atomic E-state index is 0.597. The van der Waals surface area contributed by atoms with Crippen LogP contribution < -0.4 is 10.6 Å². The summed E-state index contributed by atoms with van der Waals surface area (Å²) in [5.41, 5.74) is 9.91. The van der Waals surface area contributed by atoms with Crippen molar-refractivity contribution in [3.05, 3.63) is 22.9 Å². The van der Waals surface area contributed by atoms with Gasteiger partial charge in [-0.3, -0.25) is 4.90 Å². The normalized spacial score (nSPS) is 19.7. The molecular formula is C16H26N4. The Kier molecular flexibility index (Phi) is 3.94. The van der Waals surface area contributed by atoms with Crippen LogP contribution in [-0.4, -0.2) is 42.1 Å².